The van der Waals surface area contributed by atoms with E-state index in [4.69, 9.17) is 0 Å². The highest BCUT2D eigenvalue weighted by Gasteiger charge is 2.39. The van der Waals surface area contributed by atoms with Crippen LogP contribution in [0.4, 0.5) is 13.2 Å². The van der Waals surface area contributed by atoms with E-state index in [0.717, 1.165) is 6.07 Å². The average Bonchev–Trinajstić information content (AvgIpc) is 2.76. The number of carboxylic acid groups (broad SMARTS) is 1. The molecule has 0 aliphatic carbocycles. The zero-order valence-corrected chi connectivity index (χ0v) is 12.0. The molecule has 0 amide bonds. The third-order valence-electron chi connectivity index (χ3n) is 3.76. The van der Waals surface area contributed by atoms with Crippen LogP contribution in [0.5, 0.6) is 0 Å². The number of benzene rings is 1. The van der Waals surface area contributed by atoms with Crippen molar-refractivity contribution in [2.75, 3.05) is 0 Å². The number of nitrogens with zero attached hydrogens (tertiary/aromatic N) is 1. The number of carbonyl (C=O) groups is 1. The van der Waals surface area contributed by atoms with E-state index in [2.05, 4.69) is 0 Å². The highest BCUT2D eigenvalue weighted by Crippen LogP contribution is 2.41. The first-order chi connectivity index (χ1) is 9.60. The summed E-state index contributed by atoms with van der Waals surface area (Å²) in [4.78, 5) is 11.4. The van der Waals surface area contributed by atoms with Gasteiger partial charge in [-0.15, -0.1) is 0 Å². The second-order valence-electron chi connectivity index (χ2n) is 5.46. The van der Waals surface area contributed by atoms with Crippen LogP contribution < -0.4 is 0 Å². The number of aliphatic carboxylic acids is 1. The van der Waals surface area contributed by atoms with E-state index in [9.17, 15) is 23.1 Å². The maximum absolute atomic E-state index is 13.2. The minimum atomic E-state index is -4.53. The fraction of sp³-hybridized carbons (Fsp3) is 0.400. The molecule has 1 aromatic heterocycles. The van der Waals surface area contributed by atoms with Gasteiger partial charge in [0.25, 0.3) is 0 Å². The molecule has 2 aromatic rings. The predicted molar refractivity (Wildman–Crippen MR) is 73.3 cm³/mol. The average molecular weight is 299 g/mol. The van der Waals surface area contributed by atoms with Gasteiger partial charge in [0.05, 0.1) is 11.0 Å². The number of aromatic nitrogens is 1. The Hall–Kier alpha value is -1.98. The number of alkyl halides is 3. The second kappa shape index (κ2) is 4.79. The summed E-state index contributed by atoms with van der Waals surface area (Å²) in [5.41, 5.74) is -1.62. The van der Waals surface area contributed by atoms with Crippen LogP contribution in [0.15, 0.2) is 24.4 Å². The Balaban J connectivity index is 2.92. The molecule has 1 heterocycles. The fourth-order valence-electron chi connectivity index (χ4n) is 2.44. The summed E-state index contributed by atoms with van der Waals surface area (Å²) < 4.78 is 41.4. The van der Waals surface area contributed by atoms with E-state index < -0.39 is 23.1 Å². The van der Waals surface area contributed by atoms with Gasteiger partial charge in [0.2, 0.25) is 0 Å². The van der Waals surface area contributed by atoms with Crippen molar-refractivity contribution in [2.24, 2.45) is 0 Å². The summed E-state index contributed by atoms with van der Waals surface area (Å²) in [6.07, 6.45) is -3.02. The molecule has 0 radical (unpaired) electrons. The van der Waals surface area contributed by atoms with Gasteiger partial charge in [0.15, 0.2) is 0 Å². The monoisotopic (exact) mass is 299 g/mol. The summed E-state index contributed by atoms with van der Waals surface area (Å²) in [5.74, 6) is -1.16. The lowest BCUT2D eigenvalue weighted by Crippen LogP contribution is -2.28. The Bertz CT molecular complexity index is 699. The number of aryl methyl sites for hydroxylation is 1. The SMILES string of the molecule is CCn1cc(C(C)(C)C(=O)O)c2c(C(F)(F)F)cccc21. The third kappa shape index (κ3) is 2.39. The third-order valence-corrected chi connectivity index (χ3v) is 3.76. The molecule has 0 saturated heterocycles. The first-order valence-corrected chi connectivity index (χ1v) is 6.53. The number of hydrogen-bond donors (Lipinski definition) is 1. The normalized spacial score (nSPS) is 12.9. The quantitative estimate of drug-likeness (QED) is 0.929. The highest BCUT2D eigenvalue weighted by molar-refractivity contribution is 5.94. The van der Waals surface area contributed by atoms with E-state index in [0.29, 0.717) is 12.1 Å². The molecule has 0 aliphatic heterocycles. The smallest absolute Gasteiger partial charge is 0.417 e. The Labute approximate surface area is 120 Å². The maximum atomic E-state index is 13.2. The van der Waals surface area contributed by atoms with Crippen LogP contribution in [-0.2, 0) is 22.9 Å². The van der Waals surface area contributed by atoms with Crippen molar-refractivity contribution in [1.82, 2.24) is 4.57 Å². The molecule has 1 N–H and O–H groups in total. The van der Waals surface area contributed by atoms with Crippen molar-refractivity contribution in [3.8, 4) is 0 Å². The van der Waals surface area contributed by atoms with Gasteiger partial charge >= 0.3 is 12.1 Å². The molecule has 0 atom stereocenters. The van der Waals surface area contributed by atoms with Gasteiger partial charge in [-0.3, -0.25) is 4.79 Å². The van der Waals surface area contributed by atoms with Crippen molar-refractivity contribution in [3.05, 3.63) is 35.5 Å². The van der Waals surface area contributed by atoms with Crippen LogP contribution >= 0.6 is 0 Å². The Morgan fingerprint density at radius 3 is 2.33 bits per heavy atom. The number of rotatable bonds is 3. The summed E-state index contributed by atoms with van der Waals surface area (Å²) >= 11 is 0. The molecule has 0 spiro atoms. The second-order valence-corrected chi connectivity index (χ2v) is 5.46. The van der Waals surface area contributed by atoms with Crippen molar-refractivity contribution in [2.45, 2.75) is 38.9 Å². The number of fused-ring (bicyclic) bond motifs is 1. The Morgan fingerprint density at radius 1 is 1.24 bits per heavy atom. The Morgan fingerprint density at radius 2 is 1.86 bits per heavy atom. The van der Waals surface area contributed by atoms with Gasteiger partial charge in [0, 0.05) is 23.6 Å². The van der Waals surface area contributed by atoms with Gasteiger partial charge in [0.1, 0.15) is 0 Å². The summed E-state index contributed by atoms with van der Waals surface area (Å²) in [7, 11) is 0. The highest BCUT2D eigenvalue weighted by atomic mass is 19.4. The molecule has 114 valence electrons. The molecule has 0 unspecified atom stereocenters. The zero-order valence-electron chi connectivity index (χ0n) is 12.0. The molecule has 0 bridgehead atoms. The summed E-state index contributed by atoms with van der Waals surface area (Å²) in [5, 5.41) is 9.31. The van der Waals surface area contributed by atoms with E-state index in [1.165, 1.54) is 26.1 Å². The van der Waals surface area contributed by atoms with Crippen molar-refractivity contribution < 1.29 is 23.1 Å². The maximum Gasteiger partial charge on any atom is 0.417 e. The molecular weight excluding hydrogens is 283 g/mol. The number of halogens is 3. The first kappa shape index (κ1) is 15.4. The van der Waals surface area contributed by atoms with E-state index in [-0.39, 0.29) is 10.9 Å². The van der Waals surface area contributed by atoms with Crippen LogP contribution in [0.1, 0.15) is 31.9 Å². The first-order valence-electron chi connectivity index (χ1n) is 6.53. The number of hydrogen-bond acceptors (Lipinski definition) is 1. The van der Waals surface area contributed by atoms with Crippen LogP contribution in [0.3, 0.4) is 0 Å². The van der Waals surface area contributed by atoms with Crippen molar-refractivity contribution >= 4 is 16.9 Å². The van der Waals surface area contributed by atoms with Crippen LogP contribution in [-0.4, -0.2) is 15.6 Å². The van der Waals surface area contributed by atoms with Crippen LogP contribution in [0, 0.1) is 0 Å². The minimum absolute atomic E-state index is 0.0285. The van der Waals surface area contributed by atoms with E-state index in [1.807, 2.05) is 0 Å². The molecule has 0 saturated carbocycles. The predicted octanol–water partition coefficient (Wildman–Crippen LogP) is 4.04. The van der Waals surface area contributed by atoms with E-state index >= 15 is 0 Å². The summed E-state index contributed by atoms with van der Waals surface area (Å²) in [6.45, 7) is 5.10. The van der Waals surface area contributed by atoms with E-state index in [1.54, 1.807) is 17.6 Å². The van der Waals surface area contributed by atoms with Gasteiger partial charge in [-0.2, -0.15) is 13.2 Å². The number of carboxylic acids is 1. The molecule has 0 aliphatic rings. The molecule has 0 fully saturated rings. The molecule has 21 heavy (non-hydrogen) atoms. The fourth-order valence-corrected chi connectivity index (χ4v) is 2.44. The van der Waals surface area contributed by atoms with Crippen molar-refractivity contribution in [3.63, 3.8) is 0 Å². The largest absolute Gasteiger partial charge is 0.481 e. The topological polar surface area (TPSA) is 42.2 Å². The molecule has 3 nitrogen and oxygen atoms in total. The lowest BCUT2D eigenvalue weighted by Gasteiger charge is -2.20. The minimum Gasteiger partial charge on any atom is -0.481 e. The molecular formula is C15H16F3NO2. The molecule has 2 rings (SSSR count). The zero-order chi connectivity index (χ0) is 16.0. The summed E-state index contributed by atoms with van der Waals surface area (Å²) in [6, 6.07) is 3.91. The lowest BCUT2D eigenvalue weighted by molar-refractivity contribution is -0.142. The van der Waals surface area contributed by atoms with Crippen molar-refractivity contribution in [1.29, 1.82) is 0 Å². The van der Waals surface area contributed by atoms with Crippen LogP contribution in [0.2, 0.25) is 0 Å². The molecule has 6 heteroatoms. The van der Waals surface area contributed by atoms with Gasteiger partial charge in [-0.1, -0.05) is 6.07 Å². The Kier molecular flexibility index (Phi) is 3.51. The van der Waals surface area contributed by atoms with Crippen LogP contribution in [0.25, 0.3) is 10.9 Å². The van der Waals surface area contributed by atoms with Gasteiger partial charge in [-0.25, -0.2) is 0 Å². The van der Waals surface area contributed by atoms with Gasteiger partial charge < -0.3 is 9.67 Å². The lowest BCUT2D eigenvalue weighted by atomic mass is 9.83. The molecule has 1 aromatic carbocycles. The van der Waals surface area contributed by atoms with Gasteiger partial charge in [-0.05, 0) is 38.5 Å². The standard InChI is InChI=1S/C15H16F3NO2/c1-4-19-8-10(14(2,3)13(20)21)12-9(15(16,17)18)6-5-7-11(12)19/h5-8H,4H2,1-3H3,(H,20,21).